The van der Waals surface area contributed by atoms with Crippen molar-refractivity contribution in [2.24, 2.45) is 0 Å². The summed E-state index contributed by atoms with van der Waals surface area (Å²) in [5.74, 6) is 0. The monoisotopic (exact) mass is 194 g/mol. The summed E-state index contributed by atoms with van der Waals surface area (Å²) in [7, 11) is 0. The van der Waals surface area contributed by atoms with E-state index in [2.05, 4.69) is 20.2 Å². The van der Waals surface area contributed by atoms with E-state index in [0.717, 1.165) is 24.2 Å². The summed E-state index contributed by atoms with van der Waals surface area (Å²) < 4.78 is 4.83. The van der Waals surface area contributed by atoms with Gasteiger partial charge in [-0.1, -0.05) is 0 Å². The summed E-state index contributed by atoms with van der Waals surface area (Å²) in [6.07, 6.45) is 4.89. The Balaban J connectivity index is 0.000000171. The molecule has 5 heteroatoms. The molecule has 1 N–H and O–H groups in total. The van der Waals surface area contributed by atoms with Gasteiger partial charge in [-0.15, -0.1) is 0 Å². The van der Waals surface area contributed by atoms with Crippen molar-refractivity contribution >= 4 is 11.0 Å². The molecule has 2 aromatic rings. The molecule has 0 fully saturated rings. The summed E-state index contributed by atoms with van der Waals surface area (Å²) >= 11 is 0. The smallest absolute Gasteiger partial charge is 0.158 e. The van der Waals surface area contributed by atoms with Gasteiger partial charge in [0.1, 0.15) is 6.33 Å². The molecule has 0 saturated carbocycles. The summed E-state index contributed by atoms with van der Waals surface area (Å²) in [5, 5.41) is 7.43. The average molecular weight is 194 g/mol. The van der Waals surface area contributed by atoms with E-state index >= 15 is 0 Å². The van der Waals surface area contributed by atoms with Crippen LogP contribution in [0.3, 0.4) is 0 Å². The number of aromatic nitrogens is 4. The summed E-state index contributed by atoms with van der Waals surface area (Å²) in [6, 6.07) is 0. The van der Waals surface area contributed by atoms with E-state index in [1.165, 1.54) is 6.33 Å². The number of H-pyrrole nitrogens is 1. The van der Waals surface area contributed by atoms with Crippen molar-refractivity contribution in [3.8, 4) is 0 Å². The van der Waals surface area contributed by atoms with E-state index in [0.29, 0.717) is 0 Å². The van der Waals surface area contributed by atoms with Gasteiger partial charge in [0.25, 0.3) is 0 Å². The Kier molecular flexibility index (Phi) is 4.57. The summed E-state index contributed by atoms with van der Waals surface area (Å²) in [6.45, 7) is 5.67. The third-order valence-corrected chi connectivity index (χ3v) is 1.52. The number of ether oxygens (including phenoxy) is 1. The maximum absolute atomic E-state index is 4.83. The van der Waals surface area contributed by atoms with Crippen LogP contribution < -0.4 is 0 Å². The van der Waals surface area contributed by atoms with Crippen LogP contribution in [-0.2, 0) is 4.74 Å². The minimum atomic E-state index is 0.782. The maximum Gasteiger partial charge on any atom is 0.158 e. The second-order valence-electron chi connectivity index (χ2n) is 2.48. The lowest BCUT2D eigenvalue weighted by Crippen LogP contribution is -1.84. The van der Waals surface area contributed by atoms with Crippen LogP contribution in [0.1, 0.15) is 13.8 Å². The first-order valence-corrected chi connectivity index (χ1v) is 4.55. The van der Waals surface area contributed by atoms with Gasteiger partial charge in [0.15, 0.2) is 5.65 Å². The van der Waals surface area contributed by atoms with E-state index in [4.69, 9.17) is 4.74 Å². The Morgan fingerprint density at radius 1 is 1.29 bits per heavy atom. The lowest BCUT2D eigenvalue weighted by Gasteiger charge is -1.86. The van der Waals surface area contributed by atoms with Gasteiger partial charge in [-0.25, -0.2) is 9.97 Å². The fourth-order valence-corrected chi connectivity index (χ4v) is 0.895. The van der Waals surface area contributed by atoms with Gasteiger partial charge < -0.3 is 4.74 Å². The van der Waals surface area contributed by atoms with Gasteiger partial charge in [-0.3, -0.25) is 5.10 Å². The number of nitrogens with one attached hydrogen (secondary N) is 1. The predicted octanol–water partition coefficient (Wildman–Crippen LogP) is 1.40. The molecule has 0 aliphatic heterocycles. The Bertz CT molecular complexity index is 328. The van der Waals surface area contributed by atoms with Crippen molar-refractivity contribution in [3.05, 3.63) is 18.7 Å². The van der Waals surface area contributed by atoms with E-state index < -0.39 is 0 Å². The van der Waals surface area contributed by atoms with Crippen molar-refractivity contribution in [1.29, 1.82) is 0 Å². The standard InChI is InChI=1S/C5H4N4.C4H10O/c1-4-2-8-9-5(4)7-3-6-1;1-3-5-4-2/h1-3H,(H,6,7,8,9);3-4H2,1-2H3. The molecule has 0 aliphatic carbocycles. The molecule has 0 unspecified atom stereocenters. The van der Waals surface area contributed by atoms with Gasteiger partial charge in [0.2, 0.25) is 0 Å². The molecule has 2 aromatic heterocycles. The predicted molar refractivity (Wildman–Crippen MR) is 53.9 cm³/mol. The number of hydrogen-bond donors (Lipinski definition) is 1. The fourth-order valence-electron chi connectivity index (χ4n) is 0.895. The normalized spacial score (nSPS) is 9.57. The zero-order valence-electron chi connectivity index (χ0n) is 8.40. The summed E-state index contributed by atoms with van der Waals surface area (Å²) in [4.78, 5) is 7.73. The van der Waals surface area contributed by atoms with Crippen LogP contribution in [0.5, 0.6) is 0 Å². The third kappa shape index (κ3) is 3.10. The van der Waals surface area contributed by atoms with Gasteiger partial charge in [0.05, 0.1) is 11.6 Å². The van der Waals surface area contributed by atoms with Crippen LogP contribution in [0.15, 0.2) is 18.7 Å². The molecule has 14 heavy (non-hydrogen) atoms. The zero-order valence-corrected chi connectivity index (χ0v) is 8.40. The number of hydrogen-bond acceptors (Lipinski definition) is 4. The number of aromatic amines is 1. The molecule has 0 aliphatic rings. The quantitative estimate of drug-likeness (QED) is 0.784. The van der Waals surface area contributed by atoms with Crippen LogP contribution >= 0.6 is 0 Å². The molecular formula is C9H14N4O. The lowest BCUT2D eigenvalue weighted by molar-refractivity contribution is 0.162. The molecule has 0 bridgehead atoms. The molecule has 76 valence electrons. The van der Waals surface area contributed by atoms with E-state index in [1.807, 2.05) is 13.8 Å². The van der Waals surface area contributed by atoms with Crippen molar-refractivity contribution < 1.29 is 4.74 Å². The lowest BCUT2D eigenvalue weighted by atomic mass is 10.5. The molecular weight excluding hydrogens is 180 g/mol. The zero-order chi connectivity index (χ0) is 10.2. The Morgan fingerprint density at radius 2 is 2.07 bits per heavy atom. The molecule has 0 amide bonds. The van der Waals surface area contributed by atoms with Crippen molar-refractivity contribution in [1.82, 2.24) is 20.2 Å². The van der Waals surface area contributed by atoms with Gasteiger partial charge >= 0.3 is 0 Å². The van der Waals surface area contributed by atoms with Crippen LogP contribution in [-0.4, -0.2) is 33.4 Å². The first-order chi connectivity index (χ1) is 6.88. The molecule has 2 rings (SSSR count). The maximum atomic E-state index is 4.83. The SMILES string of the molecule is CCOCC.c1ncc2cn[nH]c2n1. The topological polar surface area (TPSA) is 63.7 Å². The van der Waals surface area contributed by atoms with Crippen LogP contribution in [0.25, 0.3) is 11.0 Å². The second kappa shape index (κ2) is 6.04. The molecule has 0 atom stereocenters. The minimum Gasteiger partial charge on any atom is -0.382 e. The molecule has 0 saturated heterocycles. The fraction of sp³-hybridized carbons (Fsp3) is 0.444. The molecule has 0 aromatic carbocycles. The summed E-state index contributed by atoms with van der Waals surface area (Å²) in [5.41, 5.74) is 0.782. The molecule has 2 heterocycles. The van der Waals surface area contributed by atoms with Crippen molar-refractivity contribution in [2.45, 2.75) is 13.8 Å². The Labute approximate surface area is 82.5 Å². The molecule has 5 nitrogen and oxygen atoms in total. The van der Waals surface area contributed by atoms with Crippen LogP contribution in [0.2, 0.25) is 0 Å². The third-order valence-electron chi connectivity index (χ3n) is 1.52. The number of nitrogens with zero attached hydrogens (tertiary/aromatic N) is 3. The second-order valence-corrected chi connectivity index (χ2v) is 2.48. The molecule has 0 radical (unpaired) electrons. The van der Waals surface area contributed by atoms with E-state index in [1.54, 1.807) is 12.4 Å². The minimum absolute atomic E-state index is 0.782. The van der Waals surface area contributed by atoms with Gasteiger partial charge in [-0.2, -0.15) is 5.10 Å². The highest BCUT2D eigenvalue weighted by Crippen LogP contribution is 2.01. The first-order valence-electron chi connectivity index (χ1n) is 4.55. The Hall–Kier alpha value is -1.49. The Morgan fingerprint density at radius 3 is 2.64 bits per heavy atom. The average Bonchev–Trinajstić information content (AvgIpc) is 2.67. The molecule has 0 spiro atoms. The largest absolute Gasteiger partial charge is 0.382 e. The highest BCUT2D eigenvalue weighted by Gasteiger charge is 1.90. The van der Waals surface area contributed by atoms with Gasteiger partial charge in [0, 0.05) is 19.4 Å². The van der Waals surface area contributed by atoms with Crippen molar-refractivity contribution in [3.63, 3.8) is 0 Å². The number of rotatable bonds is 2. The van der Waals surface area contributed by atoms with E-state index in [-0.39, 0.29) is 0 Å². The van der Waals surface area contributed by atoms with E-state index in [9.17, 15) is 0 Å². The number of fused-ring (bicyclic) bond motifs is 1. The highest BCUT2D eigenvalue weighted by molar-refractivity contribution is 5.71. The van der Waals surface area contributed by atoms with Crippen LogP contribution in [0.4, 0.5) is 0 Å². The van der Waals surface area contributed by atoms with Crippen molar-refractivity contribution in [2.75, 3.05) is 13.2 Å². The van der Waals surface area contributed by atoms with Gasteiger partial charge in [-0.05, 0) is 13.8 Å². The highest BCUT2D eigenvalue weighted by atomic mass is 16.5. The van der Waals surface area contributed by atoms with Crippen LogP contribution in [0, 0.1) is 0 Å². The first kappa shape index (κ1) is 10.6.